The Labute approximate surface area is 155 Å². The summed E-state index contributed by atoms with van der Waals surface area (Å²) in [5.41, 5.74) is 1.39. The predicted molar refractivity (Wildman–Crippen MR) is 98.4 cm³/mol. The van der Waals surface area contributed by atoms with Gasteiger partial charge in [0.2, 0.25) is 10.0 Å². The van der Waals surface area contributed by atoms with E-state index in [-0.39, 0.29) is 10.8 Å². The molecule has 8 nitrogen and oxygen atoms in total. The third kappa shape index (κ3) is 3.21. The molecule has 10 heteroatoms. The van der Waals surface area contributed by atoms with Crippen molar-refractivity contribution in [2.45, 2.75) is 16.1 Å². The van der Waals surface area contributed by atoms with Gasteiger partial charge in [0, 0.05) is 26.7 Å². The van der Waals surface area contributed by atoms with Crippen molar-refractivity contribution in [2.24, 2.45) is 10.3 Å². The molecule has 0 saturated heterocycles. The molecule has 1 aromatic rings. The summed E-state index contributed by atoms with van der Waals surface area (Å²) < 4.78 is 24.2. The molecule has 1 aliphatic heterocycles. The number of oxime groups is 1. The highest BCUT2D eigenvalue weighted by Gasteiger charge is 2.51. The smallest absolute Gasteiger partial charge is 0.271 e. The van der Waals surface area contributed by atoms with E-state index in [1.54, 1.807) is 19.1 Å². The van der Waals surface area contributed by atoms with Gasteiger partial charge in [-0.25, -0.2) is 17.7 Å². The summed E-state index contributed by atoms with van der Waals surface area (Å²) in [5, 5.41) is 9.35. The highest BCUT2D eigenvalue weighted by atomic mass is 79.9. The first-order valence-electron chi connectivity index (χ1n) is 7.24. The van der Waals surface area contributed by atoms with Gasteiger partial charge in [0.15, 0.2) is 4.32 Å². The van der Waals surface area contributed by atoms with Gasteiger partial charge in [-0.05, 0) is 19.1 Å². The van der Waals surface area contributed by atoms with Gasteiger partial charge in [-0.15, -0.1) is 0 Å². The number of carbonyl (C=O) groups is 1. The first kappa shape index (κ1) is 19.5. The normalized spacial score (nSPS) is 21.7. The third-order valence-electron chi connectivity index (χ3n) is 3.80. The van der Waals surface area contributed by atoms with E-state index in [1.807, 2.05) is 0 Å². The molecule has 0 radical (unpaired) electrons. The molecule has 25 heavy (non-hydrogen) atoms. The fraction of sp³-hybridized carbons (Fsp3) is 0.400. The Bertz CT molecular complexity index is 849. The number of amides is 1. The van der Waals surface area contributed by atoms with E-state index in [9.17, 15) is 13.2 Å². The molecule has 0 aliphatic carbocycles. The second kappa shape index (κ2) is 6.85. The molecule has 1 unspecified atom stereocenters. The molecule has 1 heterocycles. The maximum atomic E-state index is 12.6. The largest absolute Gasteiger partial charge is 0.399 e. The maximum absolute atomic E-state index is 12.6. The number of hydrogen-bond donors (Lipinski definition) is 0. The van der Waals surface area contributed by atoms with Crippen molar-refractivity contribution in [3.63, 3.8) is 0 Å². The fourth-order valence-electron chi connectivity index (χ4n) is 2.37. The first-order valence-corrected chi connectivity index (χ1v) is 9.47. The Morgan fingerprint density at radius 1 is 1.32 bits per heavy atom. The van der Waals surface area contributed by atoms with Crippen molar-refractivity contribution in [3.05, 3.63) is 29.8 Å². The molecule has 0 N–H and O–H groups in total. The topological polar surface area (TPSA) is 91.6 Å². The van der Waals surface area contributed by atoms with Gasteiger partial charge in [0.25, 0.3) is 5.91 Å². The minimum Gasteiger partial charge on any atom is -0.399 e. The number of benzene rings is 1. The molecule has 1 atom stereocenters. The van der Waals surface area contributed by atoms with Crippen LogP contribution in [-0.2, 0) is 19.7 Å². The maximum Gasteiger partial charge on any atom is 0.271 e. The van der Waals surface area contributed by atoms with Gasteiger partial charge in [-0.3, -0.25) is 4.79 Å². The quantitative estimate of drug-likeness (QED) is 0.399. The molecule has 136 valence electrons. The lowest BCUT2D eigenvalue weighted by Crippen LogP contribution is -2.46. The van der Waals surface area contributed by atoms with Gasteiger partial charge in [0.1, 0.15) is 12.8 Å². The van der Waals surface area contributed by atoms with Crippen LogP contribution in [0.5, 0.6) is 0 Å². The van der Waals surface area contributed by atoms with E-state index in [0.29, 0.717) is 17.0 Å². The molecule has 1 aliphatic rings. The molecule has 2 rings (SSSR count). The Balaban J connectivity index is 2.52. The van der Waals surface area contributed by atoms with Gasteiger partial charge in [0.05, 0.1) is 10.6 Å². The number of hydrogen-bond acceptors (Lipinski definition) is 6. The number of halogens is 1. The Hall–Kier alpha value is -1.78. The van der Waals surface area contributed by atoms with Crippen LogP contribution in [0.25, 0.3) is 0 Å². The van der Waals surface area contributed by atoms with Crippen LogP contribution in [0.15, 0.2) is 39.4 Å². The Morgan fingerprint density at radius 2 is 1.88 bits per heavy atom. The van der Waals surface area contributed by atoms with E-state index in [0.717, 1.165) is 4.31 Å². The second-order valence-corrected chi connectivity index (χ2v) is 8.95. The van der Waals surface area contributed by atoms with Crippen LogP contribution in [0, 0.1) is 0 Å². The van der Waals surface area contributed by atoms with E-state index in [1.165, 1.54) is 45.4 Å². The summed E-state index contributed by atoms with van der Waals surface area (Å²) in [6.45, 7) is 1.65. The van der Waals surface area contributed by atoms with E-state index in [4.69, 9.17) is 4.84 Å². The van der Waals surface area contributed by atoms with Crippen molar-refractivity contribution < 1.29 is 18.0 Å². The van der Waals surface area contributed by atoms with Crippen molar-refractivity contribution >= 4 is 43.3 Å². The van der Waals surface area contributed by atoms with Crippen LogP contribution in [-0.4, -0.2) is 67.6 Å². The molecule has 0 spiro atoms. The van der Waals surface area contributed by atoms with E-state index >= 15 is 0 Å². The molecule has 0 aromatic heterocycles. The van der Waals surface area contributed by atoms with Crippen LogP contribution < -0.4 is 0 Å². The lowest BCUT2D eigenvalue weighted by Gasteiger charge is -2.21. The molecular weight excluding hydrogens is 412 g/mol. The van der Waals surface area contributed by atoms with Gasteiger partial charge >= 0.3 is 0 Å². The lowest BCUT2D eigenvalue weighted by atomic mass is 9.93. The summed E-state index contributed by atoms with van der Waals surface area (Å²) >= 11 is 3.44. The lowest BCUT2D eigenvalue weighted by molar-refractivity contribution is -0.127. The SMILES string of the molecule is CON=C(C)C1(Br)C(=O)N(C)N=C1c1ccc(S(=O)(=O)N(C)C)cc1. The zero-order valence-electron chi connectivity index (χ0n) is 14.5. The molecule has 0 fully saturated rings. The van der Waals surface area contributed by atoms with Crippen LogP contribution in [0.3, 0.4) is 0 Å². The van der Waals surface area contributed by atoms with Crippen LogP contribution in [0.1, 0.15) is 12.5 Å². The molecule has 0 saturated carbocycles. The van der Waals surface area contributed by atoms with Gasteiger partial charge in [-0.2, -0.15) is 5.10 Å². The standard InChI is InChI=1S/C15H19BrN4O4S/c1-10(18-24-5)15(16)13(17-20(4)14(15)21)11-6-8-12(9-7-11)25(22,23)19(2)3/h6-9H,1-5H3. The van der Waals surface area contributed by atoms with Crippen molar-refractivity contribution in [1.82, 2.24) is 9.31 Å². The highest BCUT2D eigenvalue weighted by Crippen LogP contribution is 2.34. The number of alkyl halides is 1. The minimum absolute atomic E-state index is 0.155. The Kier molecular flexibility index (Phi) is 5.35. The summed E-state index contributed by atoms with van der Waals surface area (Å²) in [7, 11) is 2.32. The minimum atomic E-state index is -3.53. The van der Waals surface area contributed by atoms with Crippen molar-refractivity contribution in [2.75, 3.05) is 28.3 Å². The molecule has 1 amide bonds. The van der Waals surface area contributed by atoms with Crippen LogP contribution in [0.4, 0.5) is 0 Å². The first-order chi connectivity index (χ1) is 11.6. The monoisotopic (exact) mass is 430 g/mol. The molecule has 0 bridgehead atoms. The molecule has 1 aromatic carbocycles. The van der Waals surface area contributed by atoms with E-state index in [2.05, 4.69) is 26.2 Å². The third-order valence-corrected chi connectivity index (χ3v) is 6.92. The summed E-state index contributed by atoms with van der Waals surface area (Å²) in [6, 6.07) is 6.17. The zero-order valence-corrected chi connectivity index (χ0v) is 16.9. The Morgan fingerprint density at radius 3 is 2.36 bits per heavy atom. The number of nitrogens with zero attached hydrogens (tertiary/aromatic N) is 4. The summed E-state index contributed by atoms with van der Waals surface area (Å²) in [4.78, 5) is 17.5. The van der Waals surface area contributed by atoms with Crippen LogP contribution in [0.2, 0.25) is 0 Å². The average molecular weight is 431 g/mol. The van der Waals surface area contributed by atoms with Gasteiger partial charge in [-0.1, -0.05) is 33.2 Å². The zero-order chi connectivity index (χ0) is 19.0. The highest BCUT2D eigenvalue weighted by molar-refractivity contribution is 9.11. The summed E-state index contributed by atoms with van der Waals surface area (Å²) in [6.07, 6.45) is 0. The average Bonchev–Trinajstić information content (AvgIpc) is 2.80. The van der Waals surface area contributed by atoms with Gasteiger partial charge < -0.3 is 4.84 Å². The fourth-order valence-corrected chi connectivity index (χ4v) is 3.91. The number of rotatable bonds is 5. The van der Waals surface area contributed by atoms with Crippen molar-refractivity contribution in [1.29, 1.82) is 0 Å². The van der Waals surface area contributed by atoms with E-state index < -0.39 is 14.3 Å². The number of carbonyl (C=O) groups excluding carboxylic acids is 1. The number of sulfonamides is 1. The second-order valence-electron chi connectivity index (χ2n) is 5.61. The van der Waals surface area contributed by atoms with Crippen LogP contribution >= 0.6 is 15.9 Å². The molecular formula is C15H19BrN4O4S. The number of hydrazone groups is 1. The van der Waals surface area contributed by atoms with Crippen molar-refractivity contribution in [3.8, 4) is 0 Å². The predicted octanol–water partition coefficient (Wildman–Crippen LogP) is 1.27. The summed E-state index contributed by atoms with van der Waals surface area (Å²) in [5.74, 6) is -0.314.